The lowest BCUT2D eigenvalue weighted by Crippen LogP contribution is -2.15. The minimum Gasteiger partial charge on any atom is -0.507 e. The Kier molecular flexibility index (Phi) is 8.08. The predicted molar refractivity (Wildman–Crippen MR) is 129 cm³/mol. The molecule has 0 amide bonds. The van der Waals surface area contributed by atoms with E-state index in [0.29, 0.717) is 5.57 Å². The van der Waals surface area contributed by atoms with Gasteiger partial charge in [-0.15, -0.1) is 0 Å². The maximum atomic E-state index is 12.9. The van der Waals surface area contributed by atoms with Gasteiger partial charge in [0.2, 0.25) is 0 Å². The summed E-state index contributed by atoms with van der Waals surface area (Å²) in [6.45, 7) is 10.9. The molecule has 0 aromatic heterocycles. The van der Waals surface area contributed by atoms with Gasteiger partial charge in [0.15, 0.2) is 11.6 Å². The molecule has 9 heteroatoms. The number of rotatable bonds is 9. The maximum absolute atomic E-state index is 12.9. The normalized spacial score (nSPS) is 12.0. The highest BCUT2D eigenvalue weighted by molar-refractivity contribution is 6.04. The molecule has 9 nitrogen and oxygen atoms in total. The highest BCUT2D eigenvalue weighted by Gasteiger charge is 2.32. The average Bonchev–Trinajstić information content (AvgIpc) is 2.76. The van der Waals surface area contributed by atoms with Gasteiger partial charge in [0.05, 0.1) is 13.2 Å². The Balaban J connectivity index is 2.94. The third kappa shape index (κ3) is 4.90. The lowest BCUT2D eigenvalue weighted by Gasteiger charge is -2.22. The SMILES string of the molecule is C=C(C)C(O)Cc1c(O)c(Cc2c(O)c(C(C)=O)c(O)c(C)c2OC)c(O)c(C(=O)C(C)C)c1O. The molecule has 0 heterocycles. The van der Waals surface area contributed by atoms with E-state index in [1.165, 1.54) is 14.0 Å². The van der Waals surface area contributed by atoms with Gasteiger partial charge >= 0.3 is 0 Å². The van der Waals surface area contributed by atoms with Gasteiger partial charge in [-0.05, 0) is 20.8 Å². The number of ether oxygens (including phenoxy) is 1. The summed E-state index contributed by atoms with van der Waals surface area (Å²) in [6, 6.07) is 0. The molecule has 0 fully saturated rings. The van der Waals surface area contributed by atoms with Crippen molar-refractivity contribution in [2.24, 2.45) is 5.92 Å². The molecular formula is C26H32O9. The molecule has 0 aliphatic carbocycles. The smallest absolute Gasteiger partial charge is 0.172 e. The van der Waals surface area contributed by atoms with E-state index in [1.54, 1.807) is 20.8 Å². The highest BCUT2D eigenvalue weighted by Crippen LogP contribution is 2.48. The fourth-order valence-corrected chi connectivity index (χ4v) is 3.91. The van der Waals surface area contributed by atoms with E-state index < -0.39 is 64.3 Å². The van der Waals surface area contributed by atoms with Gasteiger partial charge < -0.3 is 35.4 Å². The largest absolute Gasteiger partial charge is 0.507 e. The molecule has 190 valence electrons. The molecular weight excluding hydrogens is 456 g/mol. The van der Waals surface area contributed by atoms with Crippen LogP contribution in [0.5, 0.6) is 34.5 Å². The molecule has 0 aliphatic heterocycles. The third-order valence-electron chi connectivity index (χ3n) is 5.99. The molecule has 35 heavy (non-hydrogen) atoms. The summed E-state index contributed by atoms with van der Waals surface area (Å²) in [6.07, 6.45) is -1.92. The van der Waals surface area contributed by atoms with Crippen LogP contribution in [0, 0.1) is 12.8 Å². The van der Waals surface area contributed by atoms with Gasteiger partial charge in [-0.2, -0.15) is 0 Å². The van der Waals surface area contributed by atoms with Crippen molar-refractivity contribution in [1.29, 1.82) is 0 Å². The first-order valence-corrected chi connectivity index (χ1v) is 11.0. The van der Waals surface area contributed by atoms with Crippen LogP contribution in [0.2, 0.25) is 0 Å². The van der Waals surface area contributed by atoms with E-state index >= 15 is 0 Å². The van der Waals surface area contributed by atoms with Crippen molar-refractivity contribution in [3.05, 3.63) is 45.5 Å². The Morgan fingerprint density at radius 1 is 0.857 bits per heavy atom. The zero-order valence-corrected chi connectivity index (χ0v) is 20.7. The summed E-state index contributed by atoms with van der Waals surface area (Å²) in [5.41, 5.74) is -0.820. The molecule has 0 saturated carbocycles. The lowest BCUT2D eigenvalue weighted by atomic mass is 9.87. The second-order valence-corrected chi connectivity index (χ2v) is 8.91. The first kappa shape index (κ1) is 27.5. The van der Waals surface area contributed by atoms with Crippen LogP contribution in [-0.4, -0.2) is 55.4 Å². The van der Waals surface area contributed by atoms with Crippen LogP contribution in [0.25, 0.3) is 0 Å². The number of benzene rings is 2. The number of hydrogen-bond donors (Lipinski definition) is 6. The van der Waals surface area contributed by atoms with Crippen LogP contribution in [-0.2, 0) is 12.8 Å². The zero-order valence-electron chi connectivity index (χ0n) is 20.7. The molecule has 2 rings (SSSR count). The number of aliphatic hydroxyl groups excluding tert-OH is 1. The van der Waals surface area contributed by atoms with Crippen molar-refractivity contribution >= 4 is 11.6 Å². The van der Waals surface area contributed by atoms with Gasteiger partial charge in [-0.3, -0.25) is 9.59 Å². The maximum Gasteiger partial charge on any atom is 0.172 e. The van der Waals surface area contributed by atoms with Crippen molar-refractivity contribution in [1.82, 2.24) is 0 Å². The summed E-state index contributed by atoms with van der Waals surface area (Å²) in [7, 11) is 1.27. The summed E-state index contributed by atoms with van der Waals surface area (Å²) in [4.78, 5) is 25.0. The third-order valence-corrected chi connectivity index (χ3v) is 5.99. The number of aliphatic hydroxyl groups is 1. The minimum atomic E-state index is -1.17. The average molecular weight is 489 g/mol. The minimum absolute atomic E-state index is 0.00266. The molecule has 0 spiro atoms. The molecule has 0 saturated heterocycles. The topological polar surface area (TPSA) is 165 Å². The second-order valence-electron chi connectivity index (χ2n) is 8.91. The summed E-state index contributed by atoms with van der Waals surface area (Å²) in [5.74, 6) is -4.99. The molecule has 0 bridgehead atoms. The lowest BCUT2D eigenvalue weighted by molar-refractivity contribution is 0.0932. The summed E-state index contributed by atoms with van der Waals surface area (Å²) in [5, 5.41) is 64.4. The molecule has 6 N–H and O–H groups in total. The first-order valence-electron chi connectivity index (χ1n) is 11.0. The fourth-order valence-electron chi connectivity index (χ4n) is 3.91. The standard InChI is InChI=1S/C26H32O9/c1-10(2)17(28)9-15-22(31)14(23(32)19(24(15)33)20(29)11(3)4)8-16-25(34)18(13(6)27)21(30)12(5)26(16)35-7/h11,17,28,30-34H,1,8-9H2,2-7H3. The van der Waals surface area contributed by atoms with Crippen LogP contribution < -0.4 is 4.74 Å². The quantitative estimate of drug-likeness (QED) is 0.228. The van der Waals surface area contributed by atoms with E-state index in [4.69, 9.17) is 4.74 Å². The Morgan fingerprint density at radius 2 is 1.37 bits per heavy atom. The van der Waals surface area contributed by atoms with Crippen molar-refractivity contribution in [3.8, 4) is 34.5 Å². The van der Waals surface area contributed by atoms with Crippen molar-refractivity contribution in [2.45, 2.75) is 53.6 Å². The van der Waals surface area contributed by atoms with Gasteiger partial charge in [0.1, 0.15) is 45.6 Å². The first-order chi connectivity index (χ1) is 16.2. The number of methoxy groups -OCH3 is 1. The monoisotopic (exact) mass is 488 g/mol. The second kappa shape index (κ2) is 10.3. The molecule has 0 radical (unpaired) electrons. The number of carbonyl (C=O) groups excluding carboxylic acids is 2. The molecule has 2 aromatic carbocycles. The van der Waals surface area contributed by atoms with Crippen LogP contribution >= 0.6 is 0 Å². The van der Waals surface area contributed by atoms with Gasteiger partial charge in [0, 0.05) is 41.0 Å². The number of hydrogen-bond acceptors (Lipinski definition) is 9. The van der Waals surface area contributed by atoms with E-state index in [1.807, 2.05) is 0 Å². The van der Waals surface area contributed by atoms with Gasteiger partial charge in [-0.1, -0.05) is 26.0 Å². The molecule has 1 unspecified atom stereocenters. The van der Waals surface area contributed by atoms with Crippen molar-refractivity contribution in [2.75, 3.05) is 7.11 Å². The Bertz CT molecular complexity index is 1210. The number of carbonyl (C=O) groups is 2. The number of phenolic OH excluding ortho intramolecular Hbond substituents is 5. The van der Waals surface area contributed by atoms with Crippen LogP contribution in [0.15, 0.2) is 12.2 Å². The van der Waals surface area contributed by atoms with Crippen molar-refractivity contribution < 1.29 is 45.0 Å². The zero-order chi connectivity index (χ0) is 26.9. The fraction of sp³-hybridized carbons (Fsp3) is 0.385. The Hall–Kier alpha value is -3.72. The van der Waals surface area contributed by atoms with E-state index in [0.717, 1.165) is 6.92 Å². The van der Waals surface area contributed by atoms with E-state index in [2.05, 4.69) is 6.58 Å². The Morgan fingerprint density at radius 3 is 1.83 bits per heavy atom. The number of Topliss-reactive ketones (excluding diaryl/α,β-unsaturated/α-hetero) is 2. The summed E-state index contributed by atoms with van der Waals surface area (Å²) < 4.78 is 5.33. The number of aromatic hydroxyl groups is 5. The van der Waals surface area contributed by atoms with E-state index in [-0.39, 0.29) is 40.0 Å². The van der Waals surface area contributed by atoms with Crippen LogP contribution in [0.3, 0.4) is 0 Å². The number of ketones is 2. The molecule has 1 atom stereocenters. The Labute approximate surface area is 203 Å². The number of phenols is 5. The molecule has 0 aliphatic rings. The molecule has 2 aromatic rings. The summed E-state index contributed by atoms with van der Waals surface area (Å²) >= 11 is 0. The predicted octanol–water partition coefficient (Wildman–Crippen LogP) is 3.64. The van der Waals surface area contributed by atoms with Gasteiger partial charge in [0.25, 0.3) is 0 Å². The van der Waals surface area contributed by atoms with E-state index in [9.17, 15) is 40.2 Å². The van der Waals surface area contributed by atoms with Crippen LogP contribution in [0.4, 0.5) is 0 Å². The van der Waals surface area contributed by atoms with Gasteiger partial charge in [-0.25, -0.2) is 0 Å². The van der Waals surface area contributed by atoms with Crippen LogP contribution in [0.1, 0.15) is 70.7 Å². The highest BCUT2D eigenvalue weighted by atomic mass is 16.5. The van der Waals surface area contributed by atoms with Crippen molar-refractivity contribution in [3.63, 3.8) is 0 Å².